The summed E-state index contributed by atoms with van der Waals surface area (Å²) in [6.45, 7) is 17.4. The Morgan fingerprint density at radius 3 is 1.88 bits per heavy atom. The van der Waals surface area contributed by atoms with Gasteiger partial charge in [-0.15, -0.1) is 0 Å². The van der Waals surface area contributed by atoms with Crippen LogP contribution in [0.5, 0.6) is 0 Å². The highest BCUT2D eigenvalue weighted by atomic mass is 14.5. The lowest BCUT2D eigenvalue weighted by Crippen LogP contribution is -2.28. The molecule has 1 unspecified atom stereocenters. The lowest BCUT2D eigenvalue weighted by molar-refractivity contribution is 0.768. The van der Waals surface area contributed by atoms with Crippen LogP contribution in [0.2, 0.25) is 0 Å². The monoisotopic (exact) mass is 622 g/mol. The molecule has 0 aliphatic heterocycles. The minimum absolute atomic E-state index is 0.461. The molecule has 0 nitrogen and oxygen atoms in total. The summed E-state index contributed by atoms with van der Waals surface area (Å²) in [6.07, 6.45) is 11.9. The summed E-state index contributed by atoms with van der Waals surface area (Å²) < 4.78 is 0. The van der Waals surface area contributed by atoms with Crippen molar-refractivity contribution in [2.24, 2.45) is 0 Å². The Balaban J connectivity index is 1.51. The number of hydrogen-bond acceptors (Lipinski definition) is 0. The molecule has 1 atom stereocenters. The molecular formula is C48H46. The minimum atomic E-state index is -0.461. The molecule has 238 valence electrons. The molecule has 0 aromatic heterocycles. The van der Waals surface area contributed by atoms with E-state index in [1.54, 1.807) is 0 Å². The fraction of sp³-hybridized carbons (Fsp3) is 0.167. The molecule has 0 fully saturated rings. The summed E-state index contributed by atoms with van der Waals surface area (Å²) in [5.74, 6) is 0. The molecule has 0 spiro atoms. The average Bonchev–Trinajstić information content (AvgIpc) is 3.42. The van der Waals surface area contributed by atoms with Crippen molar-refractivity contribution in [3.05, 3.63) is 208 Å². The van der Waals surface area contributed by atoms with Gasteiger partial charge in [0.25, 0.3) is 0 Å². The van der Waals surface area contributed by atoms with E-state index in [0.717, 1.165) is 17.6 Å². The molecule has 0 radical (unpaired) electrons. The van der Waals surface area contributed by atoms with Gasteiger partial charge in [0.05, 0.1) is 5.41 Å². The van der Waals surface area contributed by atoms with E-state index < -0.39 is 5.41 Å². The normalized spacial score (nSPS) is 16.2. The standard InChI is InChI=1S/C48H46/c1-8-10-14-33(3)19-24-36(6)37(7)42(9-2)38-27-31-41(32-28-38)48(40-29-22-35(5)23-30-40)45-17-12-11-15-44(45)47-43(16-13-18-46(47)48)39-25-20-34(4)21-26-39/h8-13,15-32H,7,14H2,1-6H3. The zero-order valence-corrected chi connectivity index (χ0v) is 29.3. The summed E-state index contributed by atoms with van der Waals surface area (Å²) in [5, 5.41) is 0. The Bertz CT molecular complexity index is 2070. The number of rotatable bonds is 9. The zero-order chi connectivity index (χ0) is 33.8. The van der Waals surface area contributed by atoms with Crippen LogP contribution in [0.1, 0.15) is 73.1 Å². The van der Waals surface area contributed by atoms with Crippen LogP contribution in [0.25, 0.3) is 27.8 Å². The van der Waals surface area contributed by atoms with Gasteiger partial charge in [0.1, 0.15) is 0 Å². The van der Waals surface area contributed by atoms with Gasteiger partial charge in [0, 0.05) is 0 Å². The fourth-order valence-electron chi connectivity index (χ4n) is 7.26. The summed E-state index contributed by atoms with van der Waals surface area (Å²) >= 11 is 0. The highest BCUT2D eigenvalue weighted by molar-refractivity contribution is 5.95. The molecule has 0 saturated heterocycles. The van der Waals surface area contributed by atoms with Crippen molar-refractivity contribution in [1.82, 2.24) is 0 Å². The third-order valence-corrected chi connectivity index (χ3v) is 9.93. The van der Waals surface area contributed by atoms with Crippen LogP contribution in [-0.4, -0.2) is 0 Å². The van der Waals surface area contributed by atoms with Crippen LogP contribution < -0.4 is 0 Å². The van der Waals surface area contributed by atoms with E-state index in [4.69, 9.17) is 0 Å². The van der Waals surface area contributed by atoms with Gasteiger partial charge in [-0.1, -0.05) is 169 Å². The predicted molar refractivity (Wildman–Crippen MR) is 208 cm³/mol. The average molecular weight is 623 g/mol. The van der Waals surface area contributed by atoms with E-state index in [2.05, 4.69) is 194 Å². The van der Waals surface area contributed by atoms with E-state index >= 15 is 0 Å². The first-order valence-corrected chi connectivity index (χ1v) is 17.1. The molecule has 0 saturated carbocycles. The van der Waals surface area contributed by atoms with Crippen molar-refractivity contribution in [3.8, 4) is 22.3 Å². The van der Waals surface area contributed by atoms with Crippen LogP contribution in [0.3, 0.4) is 0 Å². The molecule has 0 heteroatoms. The van der Waals surface area contributed by atoms with Gasteiger partial charge in [-0.25, -0.2) is 0 Å². The highest BCUT2D eigenvalue weighted by Crippen LogP contribution is 2.58. The Morgan fingerprint density at radius 1 is 0.646 bits per heavy atom. The number of aryl methyl sites for hydroxylation is 2. The number of benzene rings is 5. The maximum Gasteiger partial charge on any atom is 0.0713 e. The second kappa shape index (κ2) is 13.9. The van der Waals surface area contributed by atoms with Crippen LogP contribution in [0.15, 0.2) is 169 Å². The molecule has 1 aliphatic carbocycles. The van der Waals surface area contributed by atoms with Crippen molar-refractivity contribution in [3.63, 3.8) is 0 Å². The summed E-state index contributed by atoms with van der Waals surface area (Å²) in [7, 11) is 0. The van der Waals surface area contributed by atoms with E-state index in [-0.39, 0.29) is 0 Å². The molecular weight excluding hydrogens is 577 g/mol. The van der Waals surface area contributed by atoms with Crippen molar-refractivity contribution in [2.45, 2.75) is 53.4 Å². The Labute approximate surface area is 288 Å². The molecule has 0 heterocycles. The SMILES string of the molecule is C=C(C(C)=CC=C(C)CC=CC)C(=CC)c1ccc(C2(c3ccc(C)cc3)c3ccccc3-c3c(-c4ccc(C)cc4)cccc32)cc1. The van der Waals surface area contributed by atoms with Crippen LogP contribution >= 0.6 is 0 Å². The second-order valence-corrected chi connectivity index (χ2v) is 13.1. The first-order chi connectivity index (χ1) is 23.3. The summed E-state index contributed by atoms with van der Waals surface area (Å²) in [6, 6.07) is 43.3. The number of hydrogen-bond donors (Lipinski definition) is 0. The predicted octanol–water partition coefficient (Wildman–Crippen LogP) is 13.2. The van der Waals surface area contributed by atoms with E-state index in [1.165, 1.54) is 72.3 Å². The largest absolute Gasteiger partial charge is 0.0913 e. The quantitative estimate of drug-likeness (QED) is 0.111. The van der Waals surface area contributed by atoms with E-state index in [1.807, 2.05) is 0 Å². The first kappa shape index (κ1) is 32.7. The van der Waals surface area contributed by atoms with Gasteiger partial charge in [-0.2, -0.15) is 0 Å². The zero-order valence-electron chi connectivity index (χ0n) is 29.3. The molecule has 1 aliphatic rings. The molecule has 48 heavy (non-hydrogen) atoms. The molecule has 6 rings (SSSR count). The lowest BCUT2D eigenvalue weighted by Gasteiger charge is -2.34. The molecule has 0 bridgehead atoms. The van der Waals surface area contributed by atoms with Gasteiger partial charge in [0.15, 0.2) is 0 Å². The Morgan fingerprint density at radius 2 is 1.23 bits per heavy atom. The maximum atomic E-state index is 4.54. The van der Waals surface area contributed by atoms with Crippen molar-refractivity contribution >= 4 is 5.57 Å². The minimum Gasteiger partial charge on any atom is -0.0913 e. The van der Waals surface area contributed by atoms with Gasteiger partial charge in [0.2, 0.25) is 0 Å². The smallest absolute Gasteiger partial charge is 0.0713 e. The van der Waals surface area contributed by atoms with Crippen molar-refractivity contribution in [2.75, 3.05) is 0 Å². The van der Waals surface area contributed by atoms with Gasteiger partial charge < -0.3 is 0 Å². The molecule has 5 aromatic carbocycles. The van der Waals surface area contributed by atoms with E-state index in [0.29, 0.717) is 0 Å². The Kier molecular flexibility index (Phi) is 9.47. The third kappa shape index (κ3) is 5.88. The van der Waals surface area contributed by atoms with Gasteiger partial charge in [-0.05, 0) is 115 Å². The maximum absolute atomic E-state index is 4.54. The van der Waals surface area contributed by atoms with Crippen molar-refractivity contribution < 1.29 is 0 Å². The lowest BCUT2D eigenvalue weighted by atomic mass is 9.67. The number of fused-ring (bicyclic) bond motifs is 3. The first-order valence-electron chi connectivity index (χ1n) is 17.1. The van der Waals surface area contributed by atoms with Crippen LogP contribution in [-0.2, 0) is 5.41 Å². The van der Waals surface area contributed by atoms with Crippen molar-refractivity contribution in [1.29, 1.82) is 0 Å². The third-order valence-electron chi connectivity index (χ3n) is 9.93. The van der Waals surface area contributed by atoms with Gasteiger partial charge >= 0.3 is 0 Å². The highest BCUT2D eigenvalue weighted by Gasteiger charge is 2.46. The van der Waals surface area contributed by atoms with Crippen LogP contribution in [0.4, 0.5) is 0 Å². The second-order valence-electron chi connectivity index (χ2n) is 13.1. The Hall–Kier alpha value is -5.20. The molecule has 0 N–H and O–H groups in total. The van der Waals surface area contributed by atoms with Crippen LogP contribution in [0, 0.1) is 13.8 Å². The molecule has 0 amide bonds. The fourth-order valence-corrected chi connectivity index (χ4v) is 7.26. The topological polar surface area (TPSA) is 0 Å². The number of allylic oxidation sites excluding steroid dienone is 9. The summed E-state index contributed by atoms with van der Waals surface area (Å²) in [4.78, 5) is 0. The van der Waals surface area contributed by atoms with Gasteiger partial charge in [-0.3, -0.25) is 0 Å². The van der Waals surface area contributed by atoms with E-state index in [9.17, 15) is 0 Å². The molecule has 5 aromatic rings. The summed E-state index contributed by atoms with van der Waals surface area (Å²) in [5.41, 5.74) is 18.3.